The molecule has 28 heavy (non-hydrogen) atoms. The number of fused-ring (bicyclic) bond motifs is 1. The van der Waals surface area contributed by atoms with Gasteiger partial charge in [0.1, 0.15) is 5.82 Å². The highest BCUT2D eigenvalue weighted by Crippen LogP contribution is 2.25. The van der Waals surface area contributed by atoms with Crippen molar-refractivity contribution < 1.29 is 9.18 Å². The SMILES string of the molecule is CC(C)=CCC/C(C)=C/Cn1cc(C(=O)N2CCCCC2)c2cc(F)ccc21. The third-order valence-corrected chi connectivity index (χ3v) is 5.44. The van der Waals surface area contributed by atoms with Crippen molar-refractivity contribution in [3.8, 4) is 0 Å². The van der Waals surface area contributed by atoms with Crippen LogP contribution in [0.5, 0.6) is 0 Å². The number of benzene rings is 1. The van der Waals surface area contributed by atoms with E-state index < -0.39 is 0 Å². The van der Waals surface area contributed by atoms with Crippen molar-refractivity contribution in [3.05, 3.63) is 59.1 Å². The number of carbonyl (C=O) groups is 1. The third kappa shape index (κ3) is 4.92. The van der Waals surface area contributed by atoms with E-state index in [1.54, 1.807) is 6.07 Å². The van der Waals surface area contributed by atoms with E-state index in [-0.39, 0.29) is 11.7 Å². The van der Waals surface area contributed by atoms with Crippen molar-refractivity contribution >= 4 is 16.8 Å². The maximum absolute atomic E-state index is 13.9. The summed E-state index contributed by atoms with van der Waals surface area (Å²) in [5.41, 5.74) is 4.19. The minimum atomic E-state index is -0.300. The zero-order chi connectivity index (χ0) is 20.1. The molecule has 1 aromatic heterocycles. The van der Waals surface area contributed by atoms with Gasteiger partial charge in [-0.25, -0.2) is 4.39 Å². The highest BCUT2D eigenvalue weighted by atomic mass is 19.1. The minimum absolute atomic E-state index is 0.0262. The van der Waals surface area contributed by atoms with E-state index in [9.17, 15) is 9.18 Å². The summed E-state index contributed by atoms with van der Waals surface area (Å²) in [5.74, 6) is -0.273. The Morgan fingerprint density at radius 2 is 1.86 bits per heavy atom. The van der Waals surface area contributed by atoms with Crippen LogP contribution in [0.1, 0.15) is 63.2 Å². The van der Waals surface area contributed by atoms with Gasteiger partial charge in [0.15, 0.2) is 0 Å². The second-order valence-electron chi connectivity index (χ2n) is 8.08. The Morgan fingerprint density at radius 3 is 2.57 bits per heavy atom. The molecule has 0 aliphatic carbocycles. The van der Waals surface area contributed by atoms with Gasteiger partial charge in [-0.1, -0.05) is 23.3 Å². The van der Waals surface area contributed by atoms with Crippen LogP contribution < -0.4 is 0 Å². The summed E-state index contributed by atoms with van der Waals surface area (Å²) in [6.45, 7) is 8.66. The molecule has 0 saturated carbocycles. The molecule has 1 aliphatic rings. The Kier molecular flexibility index (Phi) is 6.71. The summed E-state index contributed by atoms with van der Waals surface area (Å²) < 4.78 is 16.0. The molecule has 1 aromatic carbocycles. The van der Waals surface area contributed by atoms with Crippen LogP contribution in [0.4, 0.5) is 4.39 Å². The first-order valence-electron chi connectivity index (χ1n) is 10.3. The largest absolute Gasteiger partial charge is 0.343 e. The van der Waals surface area contributed by atoms with E-state index in [1.165, 1.54) is 29.7 Å². The Bertz CT molecular complexity index is 897. The molecule has 1 fully saturated rings. The zero-order valence-corrected chi connectivity index (χ0v) is 17.3. The quantitative estimate of drug-likeness (QED) is 0.554. The minimum Gasteiger partial charge on any atom is -0.343 e. The number of rotatable bonds is 6. The van der Waals surface area contributed by atoms with Crippen LogP contribution in [-0.4, -0.2) is 28.5 Å². The lowest BCUT2D eigenvalue weighted by atomic mass is 10.1. The van der Waals surface area contributed by atoms with Crippen LogP contribution in [0.3, 0.4) is 0 Å². The van der Waals surface area contributed by atoms with Crippen molar-refractivity contribution in [1.82, 2.24) is 9.47 Å². The maximum atomic E-state index is 13.9. The third-order valence-electron chi connectivity index (χ3n) is 5.44. The number of piperidine rings is 1. The average Bonchev–Trinajstić information content (AvgIpc) is 3.04. The number of allylic oxidation sites excluding steroid dienone is 4. The molecule has 0 N–H and O–H groups in total. The van der Waals surface area contributed by atoms with Gasteiger partial charge in [-0.3, -0.25) is 4.79 Å². The number of likely N-dealkylation sites (tertiary alicyclic amines) is 1. The van der Waals surface area contributed by atoms with Gasteiger partial charge in [0.25, 0.3) is 5.91 Å². The Balaban J connectivity index is 1.84. The van der Waals surface area contributed by atoms with E-state index in [2.05, 4.69) is 37.5 Å². The maximum Gasteiger partial charge on any atom is 0.256 e. The lowest BCUT2D eigenvalue weighted by Crippen LogP contribution is -2.35. The lowest BCUT2D eigenvalue weighted by molar-refractivity contribution is 0.0726. The number of halogens is 1. The molecule has 0 radical (unpaired) electrons. The lowest BCUT2D eigenvalue weighted by Gasteiger charge is -2.26. The van der Waals surface area contributed by atoms with E-state index in [0.717, 1.165) is 44.3 Å². The number of aromatic nitrogens is 1. The van der Waals surface area contributed by atoms with Gasteiger partial charge in [-0.15, -0.1) is 0 Å². The molecule has 0 bridgehead atoms. The fourth-order valence-corrected chi connectivity index (χ4v) is 3.80. The Morgan fingerprint density at radius 1 is 1.11 bits per heavy atom. The van der Waals surface area contributed by atoms with Crippen LogP contribution in [0, 0.1) is 5.82 Å². The summed E-state index contributed by atoms with van der Waals surface area (Å²) >= 11 is 0. The standard InChI is InChI=1S/C24H31FN2O/c1-18(2)8-7-9-19(3)12-15-27-17-22(21-16-20(25)10-11-23(21)27)24(28)26-13-5-4-6-14-26/h8,10-12,16-17H,4-7,9,13-15H2,1-3H3/b19-12+. The van der Waals surface area contributed by atoms with Crippen molar-refractivity contribution in [2.45, 2.75) is 59.4 Å². The first-order chi connectivity index (χ1) is 13.5. The van der Waals surface area contributed by atoms with Crippen molar-refractivity contribution in [3.63, 3.8) is 0 Å². The average molecular weight is 383 g/mol. The van der Waals surface area contributed by atoms with Crippen LogP contribution in [0.2, 0.25) is 0 Å². The molecule has 150 valence electrons. The number of hydrogen-bond donors (Lipinski definition) is 0. The molecule has 3 nitrogen and oxygen atoms in total. The molecular weight excluding hydrogens is 351 g/mol. The molecule has 2 heterocycles. The summed E-state index contributed by atoms with van der Waals surface area (Å²) in [7, 11) is 0. The van der Waals surface area contributed by atoms with Crippen molar-refractivity contribution in [2.75, 3.05) is 13.1 Å². The van der Waals surface area contributed by atoms with Crippen molar-refractivity contribution in [2.24, 2.45) is 0 Å². The molecule has 1 aliphatic heterocycles. The second kappa shape index (κ2) is 9.22. The van der Waals surface area contributed by atoms with Crippen LogP contribution in [-0.2, 0) is 6.54 Å². The molecule has 2 aromatic rings. The topological polar surface area (TPSA) is 25.2 Å². The summed E-state index contributed by atoms with van der Waals surface area (Å²) in [6, 6.07) is 4.75. The summed E-state index contributed by atoms with van der Waals surface area (Å²) in [5, 5.41) is 0.714. The smallest absolute Gasteiger partial charge is 0.256 e. The van der Waals surface area contributed by atoms with Gasteiger partial charge >= 0.3 is 0 Å². The van der Waals surface area contributed by atoms with Crippen LogP contribution in [0.15, 0.2) is 47.7 Å². The summed E-state index contributed by atoms with van der Waals surface area (Å²) in [4.78, 5) is 15.0. The van der Waals surface area contributed by atoms with Gasteiger partial charge in [-0.2, -0.15) is 0 Å². The second-order valence-corrected chi connectivity index (χ2v) is 8.08. The highest BCUT2D eigenvalue weighted by Gasteiger charge is 2.22. The number of hydrogen-bond acceptors (Lipinski definition) is 1. The molecule has 4 heteroatoms. The van der Waals surface area contributed by atoms with Crippen LogP contribution >= 0.6 is 0 Å². The van der Waals surface area contributed by atoms with Gasteiger partial charge < -0.3 is 9.47 Å². The molecular formula is C24H31FN2O. The van der Waals surface area contributed by atoms with Gasteiger partial charge in [0.05, 0.1) is 5.56 Å². The molecule has 1 amide bonds. The predicted octanol–water partition coefficient (Wildman–Crippen LogP) is 6.10. The Hall–Kier alpha value is -2.36. The summed E-state index contributed by atoms with van der Waals surface area (Å²) in [6.07, 6.45) is 11.7. The number of carbonyl (C=O) groups excluding carboxylic acids is 1. The van der Waals surface area contributed by atoms with Crippen LogP contribution in [0.25, 0.3) is 10.9 Å². The number of amides is 1. The van der Waals surface area contributed by atoms with E-state index in [0.29, 0.717) is 17.5 Å². The first-order valence-corrected chi connectivity index (χ1v) is 10.3. The fourth-order valence-electron chi connectivity index (χ4n) is 3.80. The fraction of sp³-hybridized carbons (Fsp3) is 0.458. The predicted molar refractivity (Wildman–Crippen MR) is 114 cm³/mol. The molecule has 0 spiro atoms. The Labute approximate surface area is 167 Å². The van der Waals surface area contributed by atoms with Gasteiger partial charge in [0, 0.05) is 36.7 Å². The molecule has 1 saturated heterocycles. The van der Waals surface area contributed by atoms with Crippen molar-refractivity contribution in [1.29, 1.82) is 0 Å². The molecule has 3 rings (SSSR count). The first kappa shape index (κ1) is 20.4. The van der Waals surface area contributed by atoms with Gasteiger partial charge in [-0.05, 0) is 71.1 Å². The highest BCUT2D eigenvalue weighted by molar-refractivity contribution is 6.07. The van der Waals surface area contributed by atoms with E-state index in [1.807, 2.05) is 11.1 Å². The van der Waals surface area contributed by atoms with E-state index in [4.69, 9.17) is 0 Å². The van der Waals surface area contributed by atoms with Gasteiger partial charge in [0.2, 0.25) is 0 Å². The monoisotopic (exact) mass is 382 g/mol. The normalized spacial score (nSPS) is 15.1. The zero-order valence-electron chi connectivity index (χ0n) is 17.3. The molecule has 0 unspecified atom stereocenters. The molecule has 0 atom stereocenters. The van der Waals surface area contributed by atoms with E-state index >= 15 is 0 Å². The number of nitrogens with zero attached hydrogens (tertiary/aromatic N) is 2.